The van der Waals surface area contributed by atoms with E-state index in [0.29, 0.717) is 30.0 Å². The molecule has 4 rings (SSSR count). The van der Waals surface area contributed by atoms with Crippen LogP contribution in [0, 0.1) is 34.5 Å². The Labute approximate surface area is 161 Å². The van der Waals surface area contributed by atoms with Gasteiger partial charge >= 0.3 is 0 Å². The summed E-state index contributed by atoms with van der Waals surface area (Å²) in [6.07, 6.45) is 10.2. The summed E-state index contributed by atoms with van der Waals surface area (Å²) in [4.78, 5) is 36.9. The molecular weight excluding hydrogens is 338 g/mol. The van der Waals surface area contributed by atoms with Gasteiger partial charge in [0.15, 0.2) is 5.78 Å². The van der Waals surface area contributed by atoms with Gasteiger partial charge in [-0.15, -0.1) is 0 Å². The van der Waals surface area contributed by atoms with Gasteiger partial charge < -0.3 is 5.32 Å². The SMILES string of the molecule is CC(=O)NC(C)[C@H]1CC[C@H]2[C@@H]3CCC4=CC(=O)C=C[C@]4(C)[C@H]3C(=O)C[C@]12C. The lowest BCUT2D eigenvalue weighted by Crippen LogP contribution is -2.55. The monoisotopic (exact) mass is 369 g/mol. The largest absolute Gasteiger partial charge is 0.354 e. The number of nitrogens with one attached hydrogen (secondary N) is 1. The van der Waals surface area contributed by atoms with Crippen molar-refractivity contribution in [2.75, 3.05) is 0 Å². The van der Waals surface area contributed by atoms with Crippen LogP contribution in [-0.4, -0.2) is 23.5 Å². The first kappa shape index (κ1) is 18.6. The second-order valence-electron chi connectivity index (χ2n) is 9.80. The molecule has 7 atom stereocenters. The summed E-state index contributed by atoms with van der Waals surface area (Å²) < 4.78 is 0. The molecule has 0 radical (unpaired) electrons. The Morgan fingerprint density at radius 1 is 1.22 bits per heavy atom. The van der Waals surface area contributed by atoms with Crippen molar-refractivity contribution in [2.24, 2.45) is 34.5 Å². The van der Waals surface area contributed by atoms with Gasteiger partial charge in [0.2, 0.25) is 5.91 Å². The molecule has 4 nitrogen and oxygen atoms in total. The maximum Gasteiger partial charge on any atom is 0.217 e. The van der Waals surface area contributed by atoms with Crippen molar-refractivity contribution < 1.29 is 14.4 Å². The molecule has 1 amide bonds. The number of hydrogen-bond donors (Lipinski definition) is 1. The molecule has 0 aromatic rings. The van der Waals surface area contributed by atoms with Gasteiger partial charge in [-0.3, -0.25) is 14.4 Å². The van der Waals surface area contributed by atoms with Gasteiger partial charge in [-0.1, -0.05) is 25.5 Å². The summed E-state index contributed by atoms with van der Waals surface area (Å²) in [5, 5.41) is 3.08. The summed E-state index contributed by atoms with van der Waals surface area (Å²) >= 11 is 0. The number of allylic oxidation sites excluding steroid dienone is 4. The minimum Gasteiger partial charge on any atom is -0.354 e. The quantitative estimate of drug-likeness (QED) is 0.809. The number of carbonyl (C=O) groups excluding carboxylic acids is 3. The number of amides is 1. The highest BCUT2D eigenvalue weighted by Crippen LogP contribution is 2.65. The molecule has 0 aliphatic heterocycles. The van der Waals surface area contributed by atoms with Crippen molar-refractivity contribution in [1.29, 1.82) is 0 Å². The topological polar surface area (TPSA) is 63.2 Å². The van der Waals surface area contributed by atoms with E-state index in [-0.39, 0.29) is 34.5 Å². The van der Waals surface area contributed by atoms with E-state index in [0.717, 1.165) is 31.3 Å². The standard InChI is InChI=1S/C23H31NO3/c1-13(24-14(2)25)18-7-8-19-17-6-5-15-11-16(26)9-10-22(15,3)21(17)20(27)12-23(18,19)4/h9-11,13,17-19,21H,5-8,12H2,1-4H3,(H,24,25)/t13?,17-,18+,19-,21+,22-,23+/m0/s1. The van der Waals surface area contributed by atoms with Crippen LogP contribution in [0.3, 0.4) is 0 Å². The Morgan fingerprint density at radius 3 is 2.67 bits per heavy atom. The summed E-state index contributed by atoms with van der Waals surface area (Å²) in [7, 11) is 0. The number of rotatable bonds is 2. The van der Waals surface area contributed by atoms with Crippen LogP contribution in [-0.2, 0) is 14.4 Å². The molecule has 4 heteroatoms. The van der Waals surface area contributed by atoms with Crippen molar-refractivity contribution >= 4 is 17.5 Å². The Kier molecular flexibility index (Phi) is 4.25. The normalized spacial score (nSPS) is 44.1. The fourth-order valence-corrected chi connectivity index (χ4v) is 7.31. The summed E-state index contributed by atoms with van der Waals surface area (Å²) in [5.74, 6) is 1.66. The molecule has 0 bridgehead atoms. The third kappa shape index (κ3) is 2.67. The number of Topliss-reactive ketones (excluding diaryl/α,β-unsaturated/α-hetero) is 1. The van der Waals surface area contributed by atoms with E-state index in [4.69, 9.17) is 0 Å². The first-order valence-corrected chi connectivity index (χ1v) is 10.4. The van der Waals surface area contributed by atoms with Crippen molar-refractivity contribution in [2.45, 2.75) is 65.8 Å². The number of ketones is 2. The second kappa shape index (κ2) is 6.15. The summed E-state index contributed by atoms with van der Waals surface area (Å²) in [6, 6.07) is 0.101. The van der Waals surface area contributed by atoms with E-state index in [1.807, 2.05) is 6.08 Å². The van der Waals surface area contributed by atoms with Gasteiger partial charge in [0.25, 0.3) is 0 Å². The molecule has 0 saturated heterocycles. The molecule has 0 aromatic heterocycles. The molecule has 0 heterocycles. The van der Waals surface area contributed by atoms with E-state index in [1.165, 1.54) is 0 Å². The number of carbonyl (C=O) groups is 3. The number of hydrogen-bond acceptors (Lipinski definition) is 3. The zero-order valence-corrected chi connectivity index (χ0v) is 16.9. The van der Waals surface area contributed by atoms with Gasteiger partial charge in [0, 0.05) is 30.7 Å². The maximum atomic E-state index is 13.5. The predicted octanol–water partition coefficient (Wildman–Crippen LogP) is 3.61. The van der Waals surface area contributed by atoms with Crippen molar-refractivity contribution in [1.82, 2.24) is 5.32 Å². The highest BCUT2D eigenvalue weighted by Gasteiger charge is 2.62. The fourth-order valence-electron chi connectivity index (χ4n) is 7.31. The molecule has 27 heavy (non-hydrogen) atoms. The maximum absolute atomic E-state index is 13.5. The molecule has 1 unspecified atom stereocenters. The average molecular weight is 370 g/mol. The van der Waals surface area contributed by atoms with Gasteiger partial charge in [-0.05, 0) is 67.9 Å². The fraction of sp³-hybridized carbons (Fsp3) is 0.696. The van der Waals surface area contributed by atoms with Crippen LogP contribution < -0.4 is 5.32 Å². The molecule has 0 spiro atoms. The molecule has 0 aromatic carbocycles. The summed E-state index contributed by atoms with van der Waals surface area (Å²) in [6.45, 7) is 8.11. The van der Waals surface area contributed by atoms with Crippen LogP contribution in [0.1, 0.15) is 59.8 Å². The van der Waals surface area contributed by atoms with Gasteiger partial charge in [0.1, 0.15) is 5.78 Å². The molecule has 3 fully saturated rings. The van der Waals surface area contributed by atoms with Crippen LogP contribution in [0.25, 0.3) is 0 Å². The first-order chi connectivity index (χ1) is 12.7. The molecule has 4 aliphatic rings. The van der Waals surface area contributed by atoms with E-state index >= 15 is 0 Å². The Hall–Kier alpha value is -1.71. The van der Waals surface area contributed by atoms with E-state index in [1.54, 1.807) is 19.1 Å². The third-order valence-corrected chi connectivity index (χ3v) is 8.36. The summed E-state index contributed by atoms with van der Waals surface area (Å²) in [5.41, 5.74) is 0.817. The molecular formula is C23H31NO3. The predicted molar refractivity (Wildman–Crippen MR) is 104 cm³/mol. The highest BCUT2D eigenvalue weighted by atomic mass is 16.1. The lowest BCUT2D eigenvalue weighted by Gasteiger charge is -2.56. The Bertz CT molecular complexity index is 766. The highest BCUT2D eigenvalue weighted by molar-refractivity contribution is 6.01. The van der Waals surface area contributed by atoms with Crippen LogP contribution in [0.2, 0.25) is 0 Å². The van der Waals surface area contributed by atoms with Crippen LogP contribution in [0.15, 0.2) is 23.8 Å². The zero-order chi connectivity index (χ0) is 19.6. The average Bonchev–Trinajstić information content (AvgIpc) is 2.91. The first-order valence-electron chi connectivity index (χ1n) is 10.4. The number of fused-ring (bicyclic) bond motifs is 5. The van der Waals surface area contributed by atoms with Crippen LogP contribution in [0.4, 0.5) is 0 Å². The lowest BCUT2D eigenvalue weighted by molar-refractivity contribution is -0.143. The van der Waals surface area contributed by atoms with Crippen LogP contribution in [0.5, 0.6) is 0 Å². The van der Waals surface area contributed by atoms with Gasteiger partial charge in [0.05, 0.1) is 0 Å². The lowest BCUT2D eigenvalue weighted by atomic mass is 9.47. The van der Waals surface area contributed by atoms with E-state index in [2.05, 4.69) is 26.1 Å². The molecule has 146 valence electrons. The molecule has 1 N–H and O–H groups in total. The van der Waals surface area contributed by atoms with E-state index in [9.17, 15) is 14.4 Å². The second-order valence-corrected chi connectivity index (χ2v) is 9.80. The van der Waals surface area contributed by atoms with Crippen molar-refractivity contribution in [3.63, 3.8) is 0 Å². The molecule has 4 aliphatic carbocycles. The van der Waals surface area contributed by atoms with Gasteiger partial charge in [-0.25, -0.2) is 0 Å². The Balaban J connectivity index is 1.67. The minimum atomic E-state index is -0.295. The third-order valence-electron chi connectivity index (χ3n) is 8.36. The zero-order valence-electron chi connectivity index (χ0n) is 16.9. The molecule has 3 saturated carbocycles. The van der Waals surface area contributed by atoms with Crippen LogP contribution >= 0.6 is 0 Å². The minimum absolute atomic E-state index is 0.00486. The van der Waals surface area contributed by atoms with E-state index < -0.39 is 0 Å². The van der Waals surface area contributed by atoms with Gasteiger partial charge in [-0.2, -0.15) is 0 Å². The van der Waals surface area contributed by atoms with Crippen molar-refractivity contribution in [3.8, 4) is 0 Å². The van der Waals surface area contributed by atoms with Crippen molar-refractivity contribution in [3.05, 3.63) is 23.8 Å². The smallest absolute Gasteiger partial charge is 0.217 e. The Morgan fingerprint density at radius 2 is 1.96 bits per heavy atom.